The number of rotatable bonds is 7. The van der Waals surface area contributed by atoms with Crippen molar-refractivity contribution in [3.8, 4) is 77.9 Å². The molecule has 0 heteroatoms. The number of benzene rings is 11. The Morgan fingerprint density at radius 1 is 0.167 bits per heavy atom. The van der Waals surface area contributed by atoms with E-state index in [0.717, 1.165) is 0 Å². The average molecular weight is 761 g/mol. The zero-order chi connectivity index (χ0) is 39.8. The molecule has 0 aliphatic heterocycles. The molecular formula is C60H40. The molecule has 0 fully saturated rings. The number of hydrogen-bond acceptors (Lipinski definition) is 0. The highest BCUT2D eigenvalue weighted by Gasteiger charge is 2.21. The molecule has 0 aliphatic carbocycles. The van der Waals surface area contributed by atoms with Crippen LogP contribution in [0.4, 0.5) is 0 Å². The first-order chi connectivity index (χ1) is 29.8. The molecule has 60 heavy (non-hydrogen) atoms. The molecule has 0 saturated carbocycles. The van der Waals surface area contributed by atoms with E-state index in [9.17, 15) is 0 Å². The van der Waals surface area contributed by atoms with E-state index in [1.165, 1.54) is 110 Å². The van der Waals surface area contributed by atoms with Crippen molar-refractivity contribution in [2.45, 2.75) is 0 Å². The van der Waals surface area contributed by atoms with Crippen molar-refractivity contribution in [3.63, 3.8) is 0 Å². The van der Waals surface area contributed by atoms with Crippen molar-refractivity contribution in [3.05, 3.63) is 243 Å². The van der Waals surface area contributed by atoms with Gasteiger partial charge in [0.2, 0.25) is 0 Å². The molecular weight excluding hydrogens is 721 g/mol. The van der Waals surface area contributed by atoms with Gasteiger partial charge in [0, 0.05) is 0 Å². The lowest BCUT2D eigenvalue weighted by Gasteiger charge is -2.21. The van der Waals surface area contributed by atoms with Gasteiger partial charge in [-0.1, -0.05) is 218 Å². The fourth-order valence-electron chi connectivity index (χ4n) is 9.22. The van der Waals surface area contributed by atoms with Gasteiger partial charge in [-0.2, -0.15) is 0 Å². The van der Waals surface area contributed by atoms with Crippen LogP contribution in [0.1, 0.15) is 0 Å². The summed E-state index contributed by atoms with van der Waals surface area (Å²) in [6.07, 6.45) is 0. The molecule has 11 aromatic rings. The summed E-state index contributed by atoms with van der Waals surface area (Å²) < 4.78 is 0. The molecule has 0 heterocycles. The molecule has 0 bridgehead atoms. The molecule has 11 rings (SSSR count). The lowest BCUT2D eigenvalue weighted by molar-refractivity contribution is 1.55. The Labute approximate surface area is 351 Å². The van der Waals surface area contributed by atoms with E-state index in [1.807, 2.05) is 0 Å². The second-order valence-corrected chi connectivity index (χ2v) is 15.6. The minimum Gasteiger partial charge on any atom is -0.0622 e. The van der Waals surface area contributed by atoms with Crippen molar-refractivity contribution >= 4 is 32.3 Å². The molecule has 0 amide bonds. The molecule has 0 saturated heterocycles. The van der Waals surface area contributed by atoms with Crippen LogP contribution in [0.5, 0.6) is 0 Å². The van der Waals surface area contributed by atoms with Crippen LogP contribution in [-0.2, 0) is 0 Å². The van der Waals surface area contributed by atoms with Gasteiger partial charge in [-0.25, -0.2) is 0 Å². The topological polar surface area (TPSA) is 0 Å². The van der Waals surface area contributed by atoms with Gasteiger partial charge in [0.25, 0.3) is 0 Å². The zero-order valence-electron chi connectivity index (χ0n) is 33.1. The van der Waals surface area contributed by atoms with Crippen LogP contribution >= 0.6 is 0 Å². The first-order valence-electron chi connectivity index (χ1n) is 20.7. The van der Waals surface area contributed by atoms with Crippen LogP contribution in [0.15, 0.2) is 243 Å². The predicted molar refractivity (Wildman–Crippen MR) is 257 cm³/mol. The third-order valence-electron chi connectivity index (χ3n) is 12.1. The molecule has 0 spiro atoms. The normalized spacial score (nSPS) is 11.3. The Hall–Kier alpha value is -7.80. The highest BCUT2D eigenvalue weighted by Crippen LogP contribution is 2.48. The van der Waals surface area contributed by atoms with E-state index in [0.29, 0.717) is 0 Å². The summed E-state index contributed by atoms with van der Waals surface area (Å²) in [4.78, 5) is 0. The zero-order valence-corrected chi connectivity index (χ0v) is 33.1. The fraction of sp³-hybridized carbons (Fsp3) is 0. The van der Waals surface area contributed by atoms with Gasteiger partial charge in [-0.15, -0.1) is 0 Å². The summed E-state index contributed by atoms with van der Waals surface area (Å²) in [6.45, 7) is 0. The summed E-state index contributed by atoms with van der Waals surface area (Å²) in [6, 6.07) is 88.9. The van der Waals surface area contributed by atoms with Crippen LogP contribution in [0.3, 0.4) is 0 Å². The van der Waals surface area contributed by atoms with Gasteiger partial charge >= 0.3 is 0 Å². The van der Waals surface area contributed by atoms with Crippen molar-refractivity contribution in [1.82, 2.24) is 0 Å². The van der Waals surface area contributed by atoms with Crippen LogP contribution in [0.25, 0.3) is 110 Å². The Morgan fingerprint density at radius 3 is 1.18 bits per heavy atom. The highest BCUT2D eigenvalue weighted by molar-refractivity contribution is 6.22. The van der Waals surface area contributed by atoms with Gasteiger partial charge in [-0.3, -0.25) is 0 Å². The van der Waals surface area contributed by atoms with Crippen molar-refractivity contribution in [2.24, 2.45) is 0 Å². The minimum atomic E-state index is 1.18. The quantitative estimate of drug-likeness (QED) is 0.142. The molecule has 0 N–H and O–H groups in total. The van der Waals surface area contributed by atoms with Crippen LogP contribution < -0.4 is 0 Å². The molecule has 280 valence electrons. The summed E-state index contributed by atoms with van der Waals surface area (Å²) in [5.41, 5.74) is 17.0. The largest absolute Gasteiger partial charge is 0.0622 e. The predicted octanol–water partition coefficient (Wildman–Crippen LogP) is 16.8. The van der Waals surface area contributed by atoms with Gasteiger partial charge in [0.1, 0.15) is 0 Å². The Kier molecular flexibility index (Phi) is 8.95. The Morgan fingerprint density at radius 2 is 0.567 bits per heavy atom. The van der Waals surface area contributed by atoms with Gasteiger partial charge in [-0.05, 0) is 134 Å². The molecule has 0 aromatic heterocycles. The van der Waals surface area contributed by atoms with E-state index in [4.69, 9.17) is 0 Å². The molecule has 0 radical (unpaired) electrons. The first kappa shape index (κ1) is 35.4. The SMILES string of the molecule is c1ccc(-c2cccc(-c3ccc(-c4ccccc4-c4cccc(-c5ccc6ccccc6c5)c4)cc3-c3c4ccccc4c(-c4ccccc4)c4ccccc34)c2)cc1. The summed E-state index contributed by atoms with van der Waals surface area (Å²) in [7, 11) is 0. The average Bonchev–Trinajstić information content (AvgIpc) is 3.33. The lowest BCUT2D eigenvalue weighted by Crippen LogP contribution is -1.94. The highest BCUT2D eigenvalue weighted by atomic mass is 14.2. The number of hydrogen-bond donors (Lipinski definition) is 0. The molecule has 11 aromatic carbocycles. The minimum absolute atomic E-state index is 1.18. The second-order valence-electron chi connectivity index (χ2n) is 15.6. The lowest BCUT2D eigenvalue weighted by atomic mass is 9.82. The Bertz CT molecular complexity index is 3300. The van der Waals surface area contributed by atoms with E-state index < -0.39 is 0 Å². The maximum Gasteiger partial charge on any atom is -0.00199 e. The van der Waals surface area contributed by atoms with E-state index in [-0.39, 0.29) is 0 Å². The standard InChI is InChI=1S/C60H40/c1-3-17-41(18-4-1)45-23-15-26-49(38-45)53-36-35-50(52-28-10-9-27-51(52)48-25-16-24-46(39-48)47-34-33-42-19-7-8-22-44(42)37-47)40-58(53)60-56-31-13-11-29-54(56)59(43-20-5-2-6-21-43)55-30-12-14-32-57(55)60/h1-40H. The van der Waals surface area contributed by atoms with E-state index in [2.05, 4.69) is 243 Å². The van der Waals surface area contributed by atoms with Gasteiger partial charge in [0.05, 0.1) is 0 Å². The van der Waals surface area contributed by atoms with Gasteiger partial charge in [0.15, 0.2) is 0 Å². The molecule has 0 aliphatic rings. The second kappa shape index (κ2) is 15.2. The molecule has 0 nitrogen and oxygen atoms in total. The first-order valence-corrected chi connectivity index (χ1v) is 20.7. The van der Waals surface area contributed by atoms with E-state index in [1.54, 1.807) is 0 Å². The van der Waals surface area contributed by atoms with E-state index >= 15 is 0 Å². The summed E-state index contributed by atoms with van der Waals surface area (Å²) in [5, 5.41) is 7.48. The van der Waals surface area contributed by atoms with Crippen LogP contribution in [-0.4, -0.2) is 0 Å². The van der Waals surface area contributed by atoms with Crippen molar-refractivity contribution in [1.29, 1.82) is 0 Å². The van der Waals surface area contributed by atoms with Crippen molar-refractivity contribution < 1.29 is 0 Å². The monoisotopic (exact) mass is 760 g/mol. The summed E-state index contributed by atoms with van der Waals surface area (Å²) >= 11 is 0. The van der Waals surface area contributed by atoms with Gasteiger partial charge < -0.3 is 0 Å². The smallest absolute Gasteiger partial charge is 0.00199 e. The van der Waals surface area contributed by atoms with Crippen LogP contribution in [0, 0.1) is 0 Å². The summed E-state index contributed by atoms with van der Waals surface area (Å²) in [5.74, 6) is 0. The maximum atomic E-state index is 2.45. The Balaban J connectivity index is 1.15. The number of fused-ring (bicyclic) bond motifs is 3. The van der Waals surface area contributed by atoms with Crippen LogP contribution in [0.2, 0.25) is 0 Å². The molecule has 0 unspecified atom stereocenters. The third kappa shape index (κ3) is 6.36. The van der Waals surface area contributed by atoms with Crippen molar-refractivity contribution in [2.75, 3.05) is 0 Å². The third-order valence-corrected chi connectivity index (χ3v) is 12.1. The maximum absolute atomic E-state index is 2.45. The molecule has 0 atom stereocenters. The fourth-order valence-corrected chi connectivity index (χ4v) is 9.22.